The van der Waals surface area contributed by atoms with Gasteiger partial charge in [-0.2, -0.15) is 0 Å². The highest BCUT2D eigenvalue weighted by atomic mass is 17.1. The van der Waals surface area contributed by atoms with Crippen molar-refractivity contribution in [1.29, 1.82) is 0 Å². The fourth-order valence-electron chi connectivity index (χ4n) is 2.23. The van der Waals surface area contributed by atoms with Crippen LogP contribution in [-0.4, -0.2) is 16.3 Å². The van der Waals surface area contributed by atoms with Gasteiger partial charge >= 0.3 is 5.97 Å². The topological polar surface area (TPSA) is 66.8 Å². The first-order valence-corrected chi connectivity index (χ1v) is 8.59. The predicted octanol–water partition coefficient (Wildman–Crippen LogP) is 5.70. The lowest BCUT2D eigenvalue weighted by Crippen LogP contribution is -1.93. The van der Waals surface area contributed by atoms with Gasteiger partial charge in [-0.25, -0.2) is 5.26 Å². The van der Waals surface area contributed by atoms with Crippen LogP contribution in [0.1, 0.15) is 84.0 Å². The van der Waals surface area contributed by atoms with E-state index in [1.54, 1.807) is 0 Å². The van der Waals surface area contributed by atoms with Crippen LogP contribution in [0.4, 0.5) is 0 Å². The summed E-state index contributed by atoms with van der Waals surface area (Å²) in [7, 11) is 0. The number of carbonyl (C=O) groups is 1. The average molecular weight is 312 g/mol. The van der Waals surface area contributed by atoms with E-state index < -0.39 is 5.97 Å². The molecule has 0 heterocycles. The van der Waals surface area contributed by atoms with Crippen molar-refractivity contribution in [2.24, 2.45) is 0 Å². The van der Waals surface area contributed by atoms with Crippen LogP contribution in [0.2, 0.25) is 0 Å². The molecule has 0 aliphatic heterocycles. The standard InChI is InChI=1S/C18H32O4/c1-2-3-4-5-6-8-11-14-17(22-21)15-12-9-7-10-13-16-18(19)20/h8,11,14,21H,2-7,9-10,12-13,15-16H2,1H3,(H,19,20)/b11-8-,17-14-. The molecule has 0 spiro atoms. The van der Waals surface area contributed by atoms with Crippen molar-refractivity contribution >= 4 is 5.97 Å². The first-order chi connectivity index (χ1) is 10.7. The van der Waals surface area contributed by atoms with Crippen LogP contribution in [0, 0.1) is 0 Å². The molecule has 0 bridgehead atoms. The van der Waals surface area contributed by atoms with Crippen molar-refractivity contribution in [2.45, 2.75) is 84.0 Å². The molecule has 0 aliphatic rings. The van der Waals surface area contributed by atoms with Gasteiger partial charge in [0.05, 0.1) is 0 Å². The smallest absolute Gasteiger partial charge is 0.303 e. The van der Waals surface area contributed by atoms with Crippen LogP contribution in [0.25, 0.3) is 0 Å². The van der Waals surface area contributed by atoms with Gasteiger partial charge < -0.3 is 9.99 Å². The monoisotopic (exact) mass is 312 g/mol. The summed E-state index contributed by atoms with van der Waals surface area (Å²) in [6.07, 6.45) is 17.7. The van der Waals surface area contributed by atoms with Gasteiger partial charge in [0.15, 0.2) is 0 Å². The molecule has 4 heteroatoms. The van der Waals surface area contributed by atoms with Gasteiger partial charge in [0.25, 0.3) is 0 Å². The zero-order chi connectivity index (χ0) is 16.5. The lowest BCUT2D eigenvalue weighted by atomic mass is 10.1. The molecule has 0 radical (unpaired) electrons. The lowest BCUT2D eigenvalue weighted by molar-refractivity contribution is -0.205. The van der Waals surface area contributed by atoms with Crippen LogP contribution in [0.3, 0.4) is 0 Å². The maximum Gasteiger partial charge on any atom is 0.303 e. The number of carboxylic acid groups (broad SMARTS) is 1. The highest BCUT2D eigenvalue weighted by molar-refractivity contribution is 5.66. The minimum atomic E-state index is -0.722. The quantitative estimate of drug-likeness (QED) is 0.134. The third-order valence-electron chi connectivity index (χ3n) is 3.57. The van der Waals surface area contributed by atoms with Crippen LogP contribution in [-0.2, 0) is 9.68 Å². The molecule has 0 unspecified atom stereocenters. The highest BCUT2D eigenvalue weighted by Gasteiger charge is 1.99. The van der Waals surface area contributed by atoms with Crippen molar-refractivity contribution in [3.8, 4) is 0 Å². The van der Waals surface area contributed by atoms with Gasteiger partial charge in [0, 0.05) is 12.8 Å². The van der Waals surface area contributed by atoms with Crippen molar-refractivity contribution in [1.82, 2.24) is 0 Å². The Morgan fingerprint density at radius 2 is 1.59 bits per heavy atom. The van der Waals surface area contributed by atoms with E-state index in [2.05, 4.69) is 17.9 Å². The molecule has 0 aromatic carbocycles. The molecule has 0 saturated heterocycles. The second-order valence-electron chi connectivity index (χ2n) is 5.66. The first-order valence-electron chi connectivity index (χ1n) is 8.59. The Morgan fingerprint density at radius 3 is 2.23 bits per heavy atom. The van der Waals surface area contributed by atoms with Gasteiger partial charge in [-0.3, -0.25) is 4.79 Å². The zero-order valence-electron chi connectivity index (χ0n) is 13.9. The Hall–Kier alpha value is -1.29. The molecule has 0 rings (SSSR count). The van der Waals surface area contributed by atoms with E-state index in [4.69, 9.17) is 10.4 Å². The number of unbranched alkanes of at least 4 members (excludes halogenated alkanes) is 8. The number of hydrogen-bond donors (Lipinski definition) is 2. The molecule has 0 aromatic rings. The van der Waals surface area contributed by atoms with Gasteiger partial charge in [-0.15, -0.1) is 0 Å². The fraction of sp³-hybridized carbons (Fsp3) is 0.722. The van der Waals surface area contributed by atoms with Crippen molar-refractivity contribution < 1.29 is 20.0 Å². The zero-order valence-corrected chi connectivity index (χ0v) is 13.9. The van der Waals surface area contributed by atoms with Crippen LogP contribution in [0.15, 0.2) is 24.0 Å². The van der Waals surface area contributed by atoms with Crippen LogP contribution >= 0.6 is 0 Å². The highest BCUT2D eigenvalue weighted by Crippen LogP contribution is 2.12. The summed E-state index contributed by atoms with van der Waals surface area (Å²) in [4.78, 5) is 14.7. The largest absolute Gasteiger partial charge is 0.481 e. The Morgan fingerprint density at radius 1 is 0.955 bits per heavy atom. The van der Waals surface area contributed by atoms with Gasteiger partial charge in [-0.1, -0.05) is 57.6 Å². The number of aliphatic carboxylic acids is 1. The van der Waals surface area contributed by atoms with E-state index in [1.165, 1.54) is 25.7 Å². The van der Waals surface area contributed by atoms with E-state index in [0.29, 0.717) is 5.76 Å². The van der Waals surface area contributed by atoms with Crippen LogP contribution in [0.5, 0.6) is 0 Å². The normalized spacial score (nSPS) is 12.0. The van der Waals surface area contributed by atoms with E-state index in [9.17, 15) is 4.79 Å². The van der Waals surface area contributed by atoms with Gasteiger partial charge in [0.2, 0.25) is 0 Å². The third-order valence-corrected chi connectivity index (χ3v) is 3.57. The maximum absolute atomic E-state index is 10.4. The number of allylic oxidation sites excluding steroid dienone is 4. The summed E-state index contributed by atoms with van der Waals surface area (Å²) in [5.74, 6) is -0.129. The van der Waals surface area contributed by atoms with E-state index in [-0.39, 0.29) is 6.42 Å². The van der Waals surface area contributed by atoms with Crippen molar-refractivity contribution in [3.63, 3.8) is 0 Å². The summed E-state index contributed by atoms with van der Waals surface area (Å²) in [6, 6.07) is 0. The summed E-state index contributed by atoms with van der Waals surface area (Å²) < 4.78 is 0. The maximum atomic E-state index is 10.4. The van der Waals surface area contributed by atoms with Gasteiger partial charge in [-0.05, 0) is 31.8 Å². The Kier molecular flexibility index (Phi) is 15.1. The minimum absolute atomic E-state index is 0.258. The number of carboxylic acids is 1. The van der Waals surface area contributed by atoms with Crippen molar-refractivity contribution in [3.05, 3.63) is 24.0 Å². The lowest BCUT2D eigenvalue weighted by Gasteiger charge is -2.03. The molecule has 0 saturated carbocycles. The Labute approximate surface area is 134 Å². The Bertz CT molecular complexity index is 321. The second kappa shape index (κ2) is 16.1. The first kappa shape index (κ1) is 20.7. The number of hydrogen-bond acceptors (Lipinski definition) is 3. The third kappa shape index (κ3) is 15.1. The van der Waals surface area contributed by atoms with E-state index >= 15 is 0 Å². The van der Waals surface area contributed by atoms with Crippen LogP contribution < -0.4 is 0 Å². The van der Waals surface area contributed by atoms with E-state index in [0.717, 1.165) is 44.9 Å². The Balaban J connectivity index is 3.62. The van der Waals surface area contributed by atoms with Crippen molar-refractivity contribution in [2.75, 3.05) is 0 Å². The molecule has 128 valence electrons. The number of rotatable bonds is 15. The fourth-order valence-corrected chi connectivity index (χ4v) is 2.23. The molecular formula is C18H32O4. The van der Waals surface area contributed by atoms with Gasteiger partial charge in [0.1, 0.15) is 5.76 Å². The SMILES string of the molecule is CCCCCC/C=C\C=C(\CCCCCCCC(=O)O)OO. The molecule has 2 N–H and O–H groups in total. The predicted molar refractivity (Wildman–Crippen MR) is 89.7 cm³/mol. The average Bonchev–Trinajstić information content (AvgIpc) is 2.50. The summed E-state index contributed by atoms with van der Waals surface area (Å²) >= 11 is 0. The molecule has 4 nitrogen and oxygen atoms in total. The second-order valence-corrected chi connectivity index (χ2v) is 5.66. The summed E-state index contributed by atoms with van der Waals surface area (Å²) in [6.45, 7) is 2.20. The summed E-state index contributed by atoms with van der Waals surface area (Å²) in [5, 5.41) is 17.4. The molecule has 0 amide bonds. The van der Waals surface area contributed by atoms with E-state index in [1.807, 2.05) is 12.2 Å². The minimum Gasteiger partial charge on any atom is -0.481 e. The molecule has 0 aliphatic carbocycles. The molecule has 0 fully saturated rings. The summed E-state index contributed by atoms with van der Waals surface area (Å²) in [5.41, 5.74) is 0. The molecular weight excluding hydrogens is 280 g/mol. The molecule has 0 atom stereocenters. The molecule has 0 aromatic heterocycles. The molecule has 22 heavy (non-hydrogen) atoms.